The van der Waals surface area contributed by atoms with Crippen molar-refractivity contribution >= 4 is 0 Å². The maximum Gasteiger partial charge on any atom is 0.00643 e. The van der Waals surface area contributed by atoms with Crippen LogP contribution >= 0.6 is 0 Å². The minimum Gasteiger partial charge on any atom is -0.301 e. The summed E-state index contributed by atoms with van der Waals surface area (Å²) in [5.41, 5.74) is 1.53. The van der Waals surface area contributed by atoms with E-state index in [1.54, 1.807) is 0 Å². The molecular weight excluding hydrogens is 194 g/mol. The van der Waals surface area contributed by atoms with Crippen molar-refractivity contribution in [2.45, 2.75) is 45.1 Å². The number of hydrogen-bond donors (Lipinski definition) is 0. The molecule has 88 valence electrons. The number of rotatable bonds is 3. The van der Waals surface area contributed by atoms with Crippen molar-refractivity contribution in [1.82, 2.24) is 4.90 Å². The van der Waals surface area contributed by atoms with Crippen LogP contribution in [0.4, 0.5) is 0 Å². The number of piperidine rings is 1. The SMILES string of the molecule is CCC(C)N1CCC(c2ccccc2)CC1. The van der Waals surface area contributed by atoms with Crippen LogP contribution in [0.5, 0.6) is 0 Å². The minimum absolute atomic E-state index is 0.761. The Kier molecular flexibility index (Phi) is 4.00. The molecule has 0 radical (unpaired) electrons. The van der Waals surface area contributed by atoms with E-state index in [0.717, 1.165) is 12.0 Å². The van der Waals surface area contributed by atoms with Gasteiger partial charge in [0.25, 0.3) is 0 Å². The lowest BCUT2D eigenvalue weighted by Gasteiger charge is -2.35. The van der Waals surface area contributed by atoms with Gasteiger partial charge in [0.05, 0.1) is 0 Å². The van der Waals surface area contributed by atoms with Crippen LogP contribution in [-0.4, -0.2) is 24.0 Å². The van der Waals surface area contributed by atoms with Crippen molar-refractivity contribution in [1.29, 1.82) is 0 Å². The third-order valence-corrected chi connectivity index (χ3v) is 4.01. The molecule has 0 bridgehead atoms. The summed E-state index contributed by atoms with van der Waals surface area (Å²) < 4.78 is 0. The van der Waals surface area contributed by atoms with Gasteiger partial charge in [-0.25, -0.2) is 0 Å². The van der Waals surface area contributed by atoms with Crippen LogP contribution in [-0.2, 0) is 0 Å². The number of benzene rings is 1. The van der Waals surface area contributed by atoms with Gasteiger partial charge in [0.2, 0.25) is 0 Å². The number of nitrogens with zero attached hydrogens (tertiary/aromatic N) is 1. The maximum absolute atomic E-state index is 2.64. The van der Waals surface area contributed by atoms with Gasteiger partial charge in [0.15, 0.2) is 0 Å². The Morgan fingerprint density at radius 3 is 2.38 bits per heavy atom. The first-order chi connectivity index (χ1) is 7.81. The smallest absolute Gasteiger partial charge is 0.00643 e. The van der Waals surface area contributed by atoms with Crippen molar-refractivity contribution in [3.63, 3.8) is 0 Å². The molecule has 0 saturated carbocycles. The average Bonchev–Trinajstić information content (AvgIpc) is 2.39. The van der Waals surface area contributed by atoms with E-state index >= 15 is 0 Å². The van der Waals surface area contributed by atoms with Gasteiger partial charge >= 0.3 is 0 Å². The summed E-state index contributed by atoms with van der Waals surface area (Å²) in [4.78, 5) is 2.64. The van der Waals surface area contributed by atoms with Gasteiger partial charge in [0, 0.05) is 6.04 Å². The van der Waals surface area contributed by atoms with Crippen LogP contribution in [0.25, 0.3) is 0 Å². The normalized spacial score (nSPS) is 20.9. The minimum atomic E-state index is 0.761. The molecule has 1 aliphatic rings. The highest BCUT2D eigenvalue weighted by Crippen LogP contribution is 2.28. The van der Waals surface area contributed by atoms with E-state index in [1.807, 2.05) is 0 Å². The third kappa shape index (κ3) is 2.65. The summed E-state index contributed by atoms with van der Waals surface area (Å²) in [5.74, 6) is 0.793. The first-order valence-electron chi connectivity index (χ1n) is 6.60. The van der Waals surface area contributed by atoms with Crippen LogP contribution in [0.1, 0.15) is 44.6 Å². The van der Waals surface area contributed by atoms with Crippen molar-refractivity contribution in [2.24, 2.45) is 0 Å². The molecular formula is C15H23N. The molecule has 2 rings (SSSR count). The predicted molar refractivity (Wildman–Crippen MR) is 69.7 cm³/mol. The van der Waals surface area contributed by atoms with Crippen LogP contribution in [0.15, 0.2) is 30.3 Å². The Morgan fingerprint density at radius 1 is 1.19 bits per heavy atom. The highest BCUT2D eigenvalue weighted by molar-refractivity contribution is 5.20. The molecule has 0 spiro atoms. The predicted octanol–water partition coefficient (Wildman–Crippen LogP) is 3.66. The van der Waals surface area contributed by atoms with Crippen LogP contribution in [0, 0.1) is 0 Å². The van der Waals surface area contributed by atoms with E-state index in [9.17, 15) is 0 Å². The van der Waals surface area contributed by atoms with E-state index in [-0.39, 0.29) is 0 Å². The Balaban J connectivity index is 1.91. The van der Waals surface area contributed by atoms with Crippen molar-refractivity contribution in [3.05, 3.63) is 35.9 Å². The summed E-state index contributed by atoms with van der Waals surface area (Å²) in [6.07, 6.45) is 3.93. The highest BCUT2D eigenvalue weighted by Gasteiger charge is 2.22. The molecule has 1 heterocycles. The van der Waals surface area contributed by atoms with Gasteiger partial charge in [-0.15, -0.1) is 0 Å². The van der Waals surface area contributed by atoms with Gasteiger partial charge in [-0.1, -0.05) is 37.3 Å². The first kappa shape index (κ1) is 11.7. The molecule has 1 aromatic carbocycles. The second-order valence-corrected chi connectivity index (χ2v) is 4.98. The monoisotopic (exact) mass is 217 g/mol. The molecule has 1 fully saturated rings. The fourth-order valence-corrected chi connectivity index (χ4v) is 2.66. The third-order valence-electron chi connectivity index (χ3n) is 4.01. The van der Waals surface area contributed by atoms with E-state index in [4.69, 9.17) is 0 Å². The fraction of sp³-hybridized carbons (Fsp3) is 0.600. The lowest BCUT2D eigenvalue weighted by Crippen LogP contribution is -2.39. The Labute approximate surface area is 99.5 Å². The van der Waals surface area contributed by atoms with Crippen LogP contribution < -0.4 is 0 Å². The van der Waals surface area contributed by atoms with E-state index in [0.29, 0.717) is 0 Å². The molecule has 1 aliphatic heterocycles. The molecule has 16 heavy (non-hydrogen) atoms. The van der Waals surface area contributed by atoms with Crippen molar-refractivity contribution in [3.8, 4) is 0 Å². The highest BCUT2D eigenvalue weighted by atomic mass is 15.2. The second kappa shape index (κ2) is 5.49. The zero-order valence-corrected chi connectivity index (χ0v) is 10.5. The standard InChI is InChI=1S/C15H23N/c1-3-13(2)16-11-9-15(10-12-16)14-7-5-4-6-8-14/h4-8,13,15H,3,9-12H2,1-2H3. The largest absolute Gasteiger partial charge is 0.301 e. The quantitative estimate of drug-likeness (QED) is 0.747. The topological polar surface area (TPSA) is 3.24 Å². The van der Waals surface area contributed by atoms with E-state index in [1.165, 1.54) is 37.9 Å². The van der Waals surface area contributed by atoms with Gasteiger partial charge in [-0.3, -0.25) is 0 Å². The molecule has 1 unspecified atom stereocenters. The van der Waals surface area contributed by atoms with E-state index < -0.39 is 0 Å². The molecule has 1 saturated heterocycles. The summed E-state index contributed by atoms with van der Waals surface area (Å²) in [6, 6.07) is 11.8. The molecule has 1 heteroatoms. The molecule has 1 aromatic rings. The Morgan fingerprint density at radius 2 is 1.81 bits per heavy atom. The Bertz CT molecular complexity index is 298. The van der Waals surface area contributed by atoms with Crippen molar-refractivity contribution < 1.29 is 0 Å². The van der Waals surface area contributed by atoms with Gasteiger partial charge in [-0.2, -0.15) is 0 Å². The molecule has 0 aliphatic carbocycles. The first-order valence-corrected chi connectivity index (χ1v) is 6.60. The lowest BCUT2D eigenvalue weighted by atomic mass is 9.89. The molecule has 0 aromatic heterocycles. The van der Waals surface area contributed by atoms with Gasteiger partial charge < -0.3 is 4.90 Å². The van der Waals surface area contributed by atoms with Crippen LogP contribution in [0.2, 0.25) is 0 Å². The fourth-order valence-electron chi connectivity index (χ4n) is 2.66. The van der Waals surface area contributed by atoms with Crippen LogP contribution in [0.3, 0.4) is 0 Å². The lowest BCUT2D eigenvalue weighted by molar-refractivity contribution is 0.158. The average molecular weight is 217 g/mol. The van der Waals surface area contributed by atoms with E-state index in [2.05, 4.69) is 49.1 Å². The number of likely N-dealkylation sites (tertiary alicyclic amines) is 1. The number of hydrogen-bond acceptors (Lipinski definition) is 1. The zero-order valence-electron chi connectivity index (χ0n) is 10.5. The molecule has 0 amide bonds. The molecule has 1 nitrogen and oxygen atoms in total. The summed E-state index contributed by atoms with van der Waals surface area (Å²) >= 11 is 0. The zero-order chi connectivity index (χ0) is 11.4. The molecule has 1 atom stereocenters. The Hall–Kier alpha value is -0.820. The van der Waals surface area contributed by atoms with Gasteiger partial charge in [0.1, 0.15) is 0 Å². The summed E-state index contributed by atoms with van der Waals surface area (Å²) in [6.45, 7) is 7.18. The maximum atomic E-state index is 2.64. The molecule has 0 N–H and O–H groups in total. The summed E-state index contributed by atoms with van der Waals surface area (Å²) in [5, 5.41) is 0. The second-order valence-electron chi connectivity index (χ2n) is 4.98. The van der Waals surface area contributed by atoms with Gasteiger partial charge in [-0.05, 0) is 50.8 Å². The van der Waals surface area contributed by atoms with Crippen molar-refractivity contribution in [2.75, 3.05) is 13.1 Å². The summed E-state index contributed by atoms with van der Waals surface area (Å²) in [7, 11) is 0.